The van der Waals surface area contributed by atoms with Crippen LogP contribution in [-0.4, -0.2) is 20.9 Å². The normalized spacial score (nSPS) is 12.3. The van der Waals surface area contributed by atoms with Crippen LogP contribution in [0.5, 0.6) is 0 Å². The van der Waals surface area contributed by atoms with Gasteiger partial charge in [0.2, 0.25) is 0 Å². The fourth-order valence-electron chi connectivity index (χ4n) is 1.95. The second kappa shape index (κ2) is 5.04. The minimum atomic E-state index is -0.765. The number of hydrogen-bond donors (Lipinski definition) is 1. The van der Waals surface area contributed by atoms with Gasteiger partial charge in [-0.2, -0.15) is 5.10 Å². The van der Waals surface area contributed by atoms with E-state index < -0.39 is 5.97 Å². The van der Waals surface area contributed by atoms with Gasteiger partial charge in [-0.1, -0.05) is 31.2 Å². The molecule has 0 bridgehead atoms. The van der Waals surface area contributed by atoms with Gasteiger partial charge < -0.3 is 5.11 Å². The Kier molecular flexibility index (Phi) is 3.46. The third kappa shape index (κ3) is 2.77. The van der Waals surface area contributed by atoms with E-state index in [1.165, 1.54) is 0 Å². The van der Waals surface area contributed by atoms with Gasteiger partial charge >= 0.3 is 5.97 Å². The van der Waals surface area contributed by atoms with E-state index in [9.17, 15) is 4.79 Å². The van der Waals surface area contributed by atoms with E-state index in [0.717, 1.165) is 16.7 Å². The number of carboxylic acids is 1. The summed E-state index contributed by atoms with van der Waals surface area (Å²) in [4.78, 5) is 10.7. The predicted molar refractivity (Wildman–Crippen MR) is 69.3 cm³/mol. The maximum atomic E-state index is 10.7. The zero-order chi connectivity index (χ0) is 13.1. The number of benzene rings is 1. The van der Waals surface area contributed by atoms with Crippen LogP contribution in [0.4, 0.5) is 0 Å². The highest BCUT2D eigenvalue weighted by atomic mass is 16.4. The summed E-state index contributed by atoms with van der Waals surface area (Å²) in [5.41, 5.74) is 3.20. The molecule has 0 saturated heterocycles. The fraction of sp³-hybridized carbons (Fsp3) is 0.286. The van der Waals surface area contributed by atoms with E-state index in [1.54, 1.807) is 4.68 Å². The van der Waals surface area contributed by atoms with Crippen LogP contribution in [-0.2, 0) is 11.8 Å². The molecule has 2 aromatic rings. The number of hydrogen-bond acceptors (Lipinski definition) is 2. The van der Waals surface area contributed by atoms with Gasteiger partial charge in [0.1, 0.15) is 0 Å². The highest BCUT2D eigenvalue weighted by molar-refractivity contribution is 5.68. The Hall–Kier alpha value is -2.10. The first kappa shape index (κ1) is 12.4. The molecule has 0 aliphatic rings. The molecule has 1 unspecified atom stereocenters. The molecule has 1 aromatic carbocycles. The van der Waals surface area contributed by atoms with Crippen LogP contribution in [0.3, 0.4) is 0 Å². The Morgan fingerprint density at radius 2 is 2.00 bits per heavy atom. The molecule has 0 radical (unpaired) electrons. The molecule has 0 amide bonds. The van der Waals surface area contributed by atoms with E-state index in [-0.39, 0.29) is 12.3 Å². The maximum absolute atomic E-state index is 10.7. The number of rotatable bonds is 4. The van der Waals surface area contributed by atoms with Crippen molar-refractivity contribution in [1.29, 1.82) is 0 Å². The highest BCUT2D eigenvalue weighted by Crippen LogP contribution is 2.23. The monoisotopic (exact) mass is 244 g/mol. The van der Waals surface area contributed by atoms with Crippen molar-refractivity contribution in [2.45, 2.75) is 19.3 Å². The van der Waals surface area contributed by atoms with Crippen molar-refractivity contribution in [1.82, 2.24) is 9.78 Å². The number of aliphatic carboxylic acids is 1. The Bertz CT molecular complexity index is 543. The molecule has 1 N–H and O–H groups in total. The molecule has 0 aliphatic carbocycles. The van der Waals surface area contributed by atoms with Gasteiger partial charge in [-0.3, -0.25) is 9.48 Å². The second-order valence-electron chi connectivity index (χ2n) is 4.52. The Morgan fingerprint density at radius 1 is 1.33 bits per heavy atom. The number of carbonyl (C=O) groups is 1. The maximum Gasteiger partial charge on any atom is 0.303 e. The lowest BCUT2D eigenvalue weighted by atomic mass is 9.96. The summed E-state index contributed by atoms with van der Waals surface area (Å²) in [7, 11) is 1.88. The zero-order valence-electron chi connectivity index (χ0n) is 10.5. The van der Waals surface area contributed by atoms with Crippen molar-refractivity contribution < 1.29 is 9.90 Å². The molecule has 4 heteroatoms. The van der Waals surface area contributed by atoms with Crippen LogP contribution in [0.1, 0.15) is 24.8 Å². The molecule has 0 saturated carbocycles. The fourth-order valence-corrected chi connectivity index (χ4v) is 1.95. The summed E-state index contributed by atoms with van der Waals surface area (Å²) in [6.45, 7) is 1.92. The number of aromatic nitrogens is 2. The first-order valence-corrected chi connectivity index (χ1v) is 5.87. The second-order valence-corrected chi connectivity index (χ2v) is 4.52. The third-order valence-electron chi connectivity index (χ3n) is 3.00. The minimum absolute atomic E-state index is 0.0328. The molecular weight excluding hydrogens is 228 g/mol. The van der Waals surface area contributed by atoms with Gasteiger partial charge in [-0.05, 0) is 17.0 Å². The smallest absolute Gasteiger partial charge is 0.303 e. The van der Waals surface area contributed by atoms with Crippen molar-refractivity contribution in [3.05, 3.63) is 42.2 Å². The predicted octanol–water partition coefficient (Wildman–Crippen LogP) is 2.67. The number of aryl methyl sites for hydroxylation is 1. The summed E-state index contributed by atoms with van der Waals surface area (Å²) in [5, 5.41) is 12.9. The summed E-state index contributed by atoms with van der Waals surface area (Å²) < 4.78 is 1.76. The lowest BCUT2D eigenvalue weighted by Crippen LogP contribution is -2.02. The number of carboxylic acid groups (broad SMARTS) is 1. The average molecular weight is 244 g/mol. The molecule has 1 atom stereocenters. The number of nitrogens with zero attached hydrogens (tertiary/aromatic N) is 2. The van der Waals surface area contributed by atoms with Crippen molar-refractivity contribution >= 4 is 5.97 Å². The van der Waals surface area contributed by atoms with Crippen LogP contribution in [0, 0.1) is 0 Å². The summed E-state index contributed by atoms with van der Waals surface area (Å²) in [6.07, 6.45) is 3.93. The van der Waals surface area contributed by atoms with Crippen molar-refractivity contribution in [2.75, 3.05) is 0 Å². The first-order chi connectivity index (χ1) is 8.56. The molecule has 1 heterocycles. The van der Waals surface area contributed by atoms with Gasteiger partial charge in [0, 0.05) is 18.8 Å². The van der Waals surface area contributed by atoms with Gasteiger partial charge in [0.15, 0.2) is 0 Å². The Labute approximate surface area is 106 Å². The largest absolute Gasteiger partial charge is 0.481 e. The van der Waals surface area contributed by atoms with Crippen LogP contribution < -0.4 is 0 Å². The Balaban J connectivity index is 2.17. The molecular formula is C14H16N2O2. The quantitative estimate of drug-likeness (QED) is 0.899. The molecule has 0 fully saturated rings. The van der Waals surface area contributed by atoms with Crippen LogP contribution in [0.25, 0.3) is 11.1 Å². The zero-order valence-corrected chi connectivity index (χ0v) is 10.5. The SMILES string of the molecule is CC(CC(=O)O)c1ccc(-c2cnn(C)c2)cc1. The van der Waals surface area contributed by atoms with Crippen LogP contribution in [0.15, 0.2) is 36.7 Å². The molecule has 0 spiro atoms. The van der Waals surface area contributed by atoms with E-state index in [0.29, 0.717) is 0 Å². The molecule has 18 heavy (non-hydrogen) atoms. The topological polar surface area (TPSA) is 55.1 Å². The van der Waals surface area contributed by atoms with Gasteiger partial charge in [-0.15, -0.1) is 0 Å². The van der Waals surface area contributed by atoms with E-state index in [1.807, 2.05) is 50.6 Å². The molecule has 0 aliphatic heterocycles. The lowest BCUT2D eigenvalue weighted by molar-refractivity contribution is -0.137. The van der Waals surface area contributed by atoms with Gasteiger partial charge in [0.25, 0.3) is 0 Å². The highest BCUT2D eigenvalue weighted by Gasteiger charge is 2.10. The summed E-state index contributed by atoms with van der Waals surface area (Å²) >= 11 is 0. The molecule has 1 aromatic heterocycles. The Morgan fingerprint density at radius 3 is 2.50 bits per heavy atom. The third-order valence-corrected chi connectivity index (χ3v) is 3.00. The standard InChI is InChI=1S/C14H16N2O2/c1-10(7-14(17)18)11-3-5-12(6-4-11)13-8-15-16(2)9-13/h3-6,8-10H,7H2,1-2H3,(H,17,18). The van der Waals surface area contributed by atoms with Crippen molar-refractivity contribution in [3.8, 4) is 11.1 Å². The van der Waals surface area contributed by atoms with Crippen LogP contribution >= 0.6 is 0 Å². The summed E-state index contributed by atoms with van der Waals surface area (Å²) in [5.74, 6) is -0.732. The average Bonchev–Trinajstić information content (AvgIpc) is 2.75. The van der Waals surface area contributed by atoms with E-state index in [4.69, 9.17) is 5.11 Å². The molecule has 4 nitrogen and oxygen atoms in total. The lowest BCUT2D eigenvalue weighted by Gasteiger charge is -2.09. The minimum Gasteiger partial charge on any atom is -0.481 e. The van der Waals surface area contributed by atoms with E-state index in [2.05, 4.69) is 5.10 Å². The molecule has 2 rings (SSSR count). The summed E-state index contributed by atoms with van der Waals surface area (Å²) in [6, 6.07) is 7.97. The van der Waals surface area contributed by atoms with Gasteiger partial charge in [-0.25, -0.2) is 0 Å². The van der Waals surface area contributed by atoms with E-state index >= 15 is 0 Å². The first-order valence-electron chi connectivity index (χ1n) is 5.87. The molecule has 94 valence electrons. The van der Waals surface area contributed by atoms with Gasteiger partial charge in [0.05, 0.1) is 12.6 Å². The van der Waals surface area contributed by atoms with Crippen molar-refractivity contribution in [3.63, 3.8) is 0 Å². The van der Waals surface area contributed by atoms with Crippen LogP contribution in [0.2, 0.25) is 0 Å². The van der Waals surface area contributed by atoms with Crippen molar-refractivity contribution in [2.24, 2.45) is 7.05 Å².